The van der Waals surface area contributed by atoms with E-state index in [-0.39, 0.29) is 42.4 Å². The Morgan fingerprint density at radius 2 is 2.00 bits per heavy atom. The van der Waals surface area contributed by atoms with E-state index in [1.807, 2.05) is 49.6 Å². The molecule has 0 fully saturated rings. The Labute approximate surface area is 201 Å². The Hall–Kier alpha value is -2.21. The van der Waals surface area contributed by atoms with E-state index in [1.54, 1.807) is 11.3 Å². The zero-order chi connectivity index (χ0) is 21.3. The minimum atomic E-state index is -2.64. The molecule has 0 bridgehead atoms. The summed E-state index contributed by atoms with van der Waals surface area (Å²) in [4.78, 5) is 9.68. The van der Waals surface area contributed by atoms with E-state index in [0.29, 0.717) is 12.5 Å². The molecule has 2 aromatic heterocycles. The maximum atomic E-state index is 13.1. The third kappa shape index (κ3) is 8.09. The molecule has 0 radical (unpaired) electrons. The summed E-state index contributed by atoms with van der Waals surface area (Å²) >= 11 is 1.69. The number of hydrogen-bond acceptors (Lipinski definition) is 4. The fraction of sp³-hybridized carbons (Fsp3) is 0.333. The van der Waals surface area contributed by atoms with Gasteiger partial charge >= 0.3 is 6.55 Å². The van der Waals surface area contributed by atoms with Gasteiger partial charge in [0, 0.05) is 29.5 Å². The number of halogens is 3. The van der Waals surface area contributed by atoms with Crippen molar-refractivity contribution < 1.29 is 13.5 Å². The van der Waals surface area contributed by atoms with Crippen LogP contribution in [-0.4, -0.2) is 28.2 Å². The Balaban J connectivity index is 0.00000341. The molecule has 0 unspecified atom stereocenters. The van der Waals surface area contributed by atoms with Crippen molar-refractivity contribution in [1.29, 1.82) is 0 Å². The highest BCUT2D eigenvalue weighted by molar-refractivity contribution is 14.0. The summed E-state index contributed by atoms with van der Waals surface area (Å²) in [6.45, 7) is 1.98. The second-order valence-electron chi connectivity index (χ2n) is 6.77. The fourth-order valence-corrected chi connectivity index (χ4v) is 3.43. The van der Waals surface area contributed by atoms with Crippen LogP contribution in [-0.2, 0) is 13.0 Å². The van der Waals surface area contributed by atoms with E-state index in [0.717, 1.165) is 22.4 Å². The summed E-state index contributed by atoms with van der Waals surface area (Å²) in [5, 5.41) is 8.50. The van der Waals surface area contributed by atoms with Gasteiger partial charge in [-0.1, -0.05) is 6.07 Å². The number of alkyl halides is 2. The van der Waals surface area contributed by atoms with Crippen molar-refractivity contribution in [3.05, 3.63) is 64.9 Å². The molecule has 3 aromatic rings. The molecule has 0 saturated carbocycles. The van der Waals surface area contributed by atoms with Gasteiger partial charge in [0.15, 0.2) is 5.96 Å². The van der Waals surface area contributed by atoms with Crippen molar-refractivity contribution in [1.82, 2.24) is 14.9 Å². The fourth-order valence-electron chi connectivity index (χ4n) is 2.72. The molecule has 0 spiro atoms. The van der Waals surface area contributed by atoms with Crippen LogP contribution in [0.1, 0.15) is 31.1 Å². The van der Waals surface area contributed by atoms with Crippen LogP contribution in [0.15, 0.2) is 59.2 Å². The van der Waals surface area contributed by atoms with E-state index in [9.17, 15) is 8.78 Å². The molecule has 0 aliphatic heterocycles. The average molecular weight is 561 g/mol. The maximum Gasteiger partial charge on any atom is 0.319 e. The molecule has 6 nitrogen and oxygen atoms in total. The number of ether oxygens (including phenoxy) is 1. The van der Waals surface area contributed by atoms with E-state index >= 15 is 0 Å². The van der Waals surface area contributed by atoms with Crippen LogP contribution in [0.5, 0.6) is 5.75 Å². The molecule has 31 heavy (non-hydrogen) atoms. The van der Waals surface area contributed by atoms with Crippen LogP contribution in [0.25, 0.3) is 0 Å². The number of anilines is 1. The summed E-state index contributed by atoms with van der Waals surface area (Å²) in [5.41, 5.74) is 0.811. The normalized spacial score (nSPS) is 11.5. The predicted octanol–water partition coefficient (Wildman–Crippen LogP) is 5.55. The second kappa shape index (κ2) is 12.6. The van der Waals surface area contributed by atoms with Crippen molar-refractivity contribution in [3.8, 4) is 5.75 Å². The number of aliphatic imine (C=N–C) groups is 1. The van der Waals surface area contributed by atoms with Gasteiger partial charge in [-0.25, -0.2) is 9.98 Å². The van der Waals surface area contributed by atoms with Gasteiger partial charge in [0.2, 0.25) is 0 Å². The number of nitrogens with zero attached hydrogens (tertiary/aromatic N) is 3. The smallest absolute Gasteiger partial charge is 0.319 e. The standard InChI is InChI=1S/C21H25F2N5OS.HI/c1-15(2)29-17-7-5-16(6-8-17)27-21(25-10-9-18-4-3-13-30-18)26-14-19-24-11-12-28(19)20(22)23;/h3-8,11-13,15,20H,9-10,14H2,1-2H3,(H2,25,26,27);1H. The van der Waals surface area contributed by atoms with Crippen LogP contribution < -0.4 is 15.4 Å². The van der Waals surface area contributed by atoms with Crippen molar-refractivity contribution in [2.45, 2.75) is 39.5 Å². The highest BCUT2D eigenvalue weighted by Gasteiger charge is 2.11. The van der Waals surface area contributed by atoms with Gasteiger partial charge in [-0.05, 0) is 56.0 Å². The quantitative estimate of drug-likeness (QED) is 0.205. The number of benzene rings is 1. The second-order valence-corrected chi connectivity index (χ2v) is 7.80. The van der Waals surface area contributed by atoms with Gasteiger partial charge in [0.25, 0.3) is 0 Å². The number of rotatable bonds is 9. The third-order valence-electron chi connectivity index (χ3n) is 4.07. The highest BCUT2D eigenvalue weighted by atomic mass is 127. The summed E-state index contributed by atoms with van der Waals surface area (Å²) in [6.07, 6.45) is 3.53. The Kier molecular flexibility index (Phi) is 10.2. The molecule has 0 aliphatic carbocycles. The molecule has 0 atom stereocenters. The largest absolute Gasteiger partial charge is 0.491 e. The lowest BCUT2D eigenvalue weighted by Gasteiger charge is -2.14. The molecule has 0 saturated heterocycles. The van der Waals surface area contributed by atoms with Crippen molar-refractivity contribution in [3.63, 3.8) is 0 Å². The van der Waals surface area contributed by atoms with Crippen molar-refractivity contribution >= 4 is 47.0 Å². The summed E-state index contributed by atoms with van der Waals surface area (Å²) < 4.78 is 32.6. The van der Waals surface area contributed by atoms with Gasteiger partial charge < -0.3 is 15.4 Å². The van der Waals surface area contributed by atoms with Crippen molar-refractivity contribution in [2.75, 3.05) is 11.9 Å². The van der Waals surface area contributed by atoms with E-state index in [1.165, 1.54) is 17.3 Å². The molecule has 2 N–H and O–H groups in total. The van der Waals surface area contributed by atoms with Crippen LogP contribution in [0.2, 0.25) is 0 Å². The van der Waals surface area contributed by atoms with Gasteiger partial charge in [-0.2, -0.15) is 8.78 Å². The monoisotopic (exact) mass is 561 g/mol. The van der Waals surface area contributed by atoms with Crippen LogP contribution in [0.3, 0.4) is 0 Å². The molecule has 168 valence electrons. The maximum absolute atomic E-state index is 13.1. The number of aromatic nitrogens is 2. The Bertz CT molecular complexity index is 930. The first-order valence-corrected chi connectivity index (χ1v) is 10.5. The first-order chi connectivity index (χ1) is 14.5. The Morgan fingerprint density at radius 1 is 1.23 bits per heavy atom. The van der Waals surface area contributed by atoms with Crippen LogP contribution in [0.4, 0.5) is 14.5 Å². The first-order valence-electron chi connectivity index (χ1n) is 9.65. The van der Waals surface area contributed by atoms with Gasteiger partial charge in [-0.15, -0.1) is 35.3 Å². The molecule has 3 rings (SSSR count). The summed E-state index contributed by atoms with van der Waals surface area (Å²) in [7, 11) is 0. The molecular weight excluding hydrogens is 535 g/mol. The number of guanidine groups is 1. The number of nitrogens with one attached hydrogen (secondary N) is 2. The molecule has 0 amide bonds. The molecular formula is C21H26F2IN5OS. The zero-order valence-corrected chi connectivity index (χ0v) is 20.4. The van der Waals surface area contributed by atoms with E-state index in [2.05, 4.69) is 26.7 Å². The molecule has 10 heteroatoms. The highest BCUT2D eigenvalue weighted by Crippen LogP contribution is 2.17. The summed E-state index contributed by atoms with van der Waals surface area (Å²) in [6, 6.07) is 11.6. The molecule has 1 aromatic carbocycles. The van der Waals surface area contributed by atoms with Gasteiger partial charge in [0.1, 0.15) is 18.1 Å². The first kappa shape index (κ1) is 25.1. The van der Waals surface area contributed by atoms with Crippen LogP contribution >= 0.6 is 35.3 Å². The minimum absolute atomic E-state index is 0. The zero-order valence-electron chi connectivity index (χ0n) is 17.3. The minimum Gasteiger partial charge on any atom is -0.491 e. The lowest BCUT2D eigenvalue weighted by atomic mass is 10.3. The summed E-state index contributed by atoms with van der Waals surface area (Å²) in [5.74, 6) is 1.47. The van der Waals surface area contributed by atoms with Gasteiger partial charge in [0.05, 0.1) is 6.10 Å². The lowest BCUT2D eigenvalue weighted by Crippen LogP contribution is -2.32. The Morgan fingerprint density at radius 3 is 2.65 bits per heavy atom. The number of hydrogen-bond donors (Lipinski definition) is 2. The SMILES string of the molecule is CC(C)Oc1ccc(NC(=NCc2nccn2C(F)F)NCCc2cccs2)cc1.I. The number of thiophene rings is 1. The van der Waals surface area contributed by atoms with Crippen molar-refractivity contribution in [2.24, 2.45) is 4.99 Å². The van der Waals surface area contributed by atoms with Crippen LogP contribution in [0, 0.1) is 0 Å². The average Bonchev–Trinajstić information content (AvgIpc) is 3.39. The molecule has 2 heterocycles. The van der Waals surface area contributed by atoms with Gasteiger partial charge in [-0.3, -0.25) is 4.57 Å². The van der Waals surface area contributed by atoms with E-state index < -0.39 is 6.55 Å². The molecule has 0 aliphatic rings. The lowest BCUT2D eigenvalue weighted by molar-refractivity contribution is 0.0671. The van der Waals surface area contributed by atoms with E-state index in [4.69, 9.17) is 4.74 Å². The topological polar surface area (TPSA) is 63.5 Å². The predicted molar refractivity (Wildman–Crippen MR) is 132 cm³/mol. The third-order valence-corrected chi connectivity index (χ3v) is 5.01. The number of imidazole rings is 1.